The number of hydrogen-bond donors (Lipinski definition) is 2. The van der Waals surface area contributed by atoms with E-state index < -0.39 is 17.7 Å². The third kappa shape index (κ3) is 5.93. The van der Waals surface area contributed by atoms with Gasteiger partial charge in [-0.15, -0.1) is 0 Å². The molecule has 0 fully saturated rings. The van der Waals surface area contributed by atoms with Crippen LogP contribution in [0.15, 0.2) is 54.7 Å². The molecule has 0 radical (unpaired) electrons. The highest BCUT2D eigenvalue weighted by Gasteiger charge is 2.30. The maximum atomic E-state index is 12.8. The molecule has 0 atom stereocenters. The van der Waals surface area contributed by atoms with Crippen LogP contribution in [0.4, 0.5) is 13.2 Å². The largest absolute Gasteiger partial charge is 0.481 e. The average Bonchev–Trinajstić information content (AvgIpc) is 3.20. The molecule has 9 heteroatoms. The number of nitriles is 1. The maximum Gasteiger partial charge on any atom is 0.416 e. The summed E-state index contributed by atoms with van der Waals surface area (Å²) in [4.78, 5) is 12.9. The first kappa shape index (κ1) is 22.1. The van der Waals surface area contributed by atoms with E-state index in [4.69, 9.17) is 10.4 Å². The molecule has 3 aromatic rings. The molecule has 2 N–H and O–H groups in total. The van der Waals surface area contributed by atoms with Crippen LogP contribution < -0.4 is 0 Å². The molecular formula is C22H19F3N4O2. The molecule has 1 heterocycles. The Morgan fingerprint density at radius 3 is 2.55 bits per heavy atom. The van der Waals surface area contributed by atoms with Crippen molar-refractivity contribution in [2.24, 2.45) is 0 Å². The lowest BCUT2D eigenvalue weighted by Crippen LogP contribution is -2.26. The number of hydrogen-bond acceptors (Lipinski definition) is 4. The third-order valence-corrected chi connectivity index (χ3v) is 4.72. The van der Waals surface area contributed by atoms with E-state index >= 15 is 0 Å². The van der Waals surface area contributed by atoms with Gasteiger partial charge in [-0.1, -0.05) is 24.3 Å². The number of benzene rings is 2. The zero-order valence-electron chi connectivity index (χ0n) is 16.4. The molecule has 0 saturated carbocycles. The lowest BCUT2D eigenvalue weighted by atomic mass is 10.0. The van der Waals surface area contributed by atoms with Crippen molar-refractivity contribution in [3.63, 3.8) is 0 Å². The van der Waals surface area contributed by atoms with Crippen molar-refractivity contribution in [3.8, 4) is 17.3 Å². The molecule has 0 spiro atoms. The van der Waals surface area contributed by atoms with Crippen molar-refractivity contribution in [2.45, 2.75) is 25.7 Å². The Kier molecular flexibility index (Phi) is 6.72. The number of nitrogens with zero attached hydrogens (tertiary/aromatic N) is 3. The quantitative estimate of drug-likeness (QED) is 0.553. The number of nitrogens with one attached hydrogen (secondary N) is 1. The van der Waals surface area contributed by atoms with Crippen LogP contribution in [0.1, 0.15) is 28.7 Å². The molecule has 0 aliphatic carbocycles. The Balaban J connectivity index is 1.81. The predicted octanol–water partition coefficient (Wildman–Crippen LogP) is 4.44. The van der Waals surface area contributed by atoms with Gasteiger partial charge in [0.15, 0.2) is 0 Å². The highest BCUT2D eigenvalue weighted by Crippen LogP contribution is 2.29. The van der Waals surface area contributed by atoms with Crippen LogP contribution in [-0.4, -0.2) is 32.7 Å². The van der Waals surface area contributed by atoms with Gasteiger partial charge in [0.25, 0.3) is 0 Å². The van der Waals surface area contributed by atoms with Crippen LogP contribution in [0.3, 0.4) is 0 Å². The Labute approximate surface area is 176 Å². The summed E-state index contributed by atoms with van der Waals surface area (Å²) in [5.41, 5.74) is 2.64. The van der Waals surface area contributed by atoms with Crippen LogP contribution in [0.2, 0.25) is 0 Å². The Morgan fingerprint density at radius 1 is 1.16 bits per heavy atom. The lowest BCUT2D eigenvalue weighted by Gasteiger charge is -2.22. The van der Waals surface area contributed by atoms with Crippen molar-refractivity contribution >= 4 is 5.97 Å². The van der Waals surface area contributed by atoms with E-state index in [1.165, 1.54) is 12.1 Å². The van der Waals surface area contributed by atoms with E-state index in [0.29, 0.717) is 23.4 Å². The molecular weight excluding hydrogens is 409 g/mol. The normalized spacial score (nSPS) is 11.5. The number of carbonyl (C=O) groups is 1. The summed E-state index contributed by atoms with van der Waals surface area (Å²) in [6.07, 6.45) is -2.90. The van der Waals surface area contributed by atoms with E-state index in [1.54, 1.807) is 24.4 Å². The number of aliphatic carboxylic acids is 1. The smallest absolute Gasteiger partial charge is 0.416 e. The number of H-pyrrole nitrogens is 1. The second-order valence-corrected chi connectivity index (χ2v) is 7.01. The summed E-state index contributed by atoms with van der Waals surface area (Å²) >= 11 is 0. The molecule has 31 heavy (non-hydrogen) atoms. The van der Waals surface area contributed by atoms with E-state index in [0.717, 1.165) is 23.3 Å². The number of alkyl halides is 3. The standard InChI is InChI=1S/C22H19F3N4O2/c23-22(24,25)19-6-4-15(5-7-19)13-29(9-8-20(30)31)14-18-12-27-28-21(18)17-3-1-2-16(10-17)11-26/h1-7,10,12H,8-9,13-14H2,(H,27,28)(H,30,31). The van der Waals surface area contributed by atoms with Gasteiger partial charge in [0.05, 0.1) is 35.5 Å². The number of rotatable bonds is 8. The summed E-state index contributed by atoms with van der Waals surface area (Å²) in [6, 6.07) is 13.9. The molecule has 0 saturated heterocycles. The first-order valence-corrected chi connectivity index (χ1v) is 9.39. The minimum absolute atomic E-state index is 0.113. The van der Waals surface area contributed by atoms with Crippen molar-refractivity contribution in [1.29, 1.82) is 5.26 Å². The highest BCUT2D eigenvalue weighted by molar-refractivity contribution is 5.67. The molecule has 0 aliphatic rings. The molecule has 0 amide bonds. The van der Waals surface area contributed by atoms with E-state index in [2.05, 4.69) is 16.3 Å². The first-order chi connectivity index (χ1) is 14.8. The first-order valence-electron chi connectivity index (χ1n) is 9.39. The number of halogens is 3. The SMILES string of the molecule is N#Cc1cccc(-c2[nH]ncc2CN(CCC(=O)O)Cc2ccc(C(F)(F)F)cc2)c1. The van der Waals surface area contributed by atoms with Crippen LogP contribution in [0, 0.1) is 11.3 Å². The highest BCUT2D eigenvalue weighted by atomic mass is 19.4. The van der Waals surface area contributed by atoms with Crippen molar-refractivity contribution < 1.29 is 23.1 Å². The summed E-state index contributed by atoms with van der Waals surface area (Å²) in [5, 5.41) is 25.2. The summed E-state index contributed by atoms with van der Waals surface area (Å²) in [6.45, 7) is 0.810. The van der Waals surface area contributed by atoms with Gasteiger partial charge in [0, 0.05) is 30.8 Å². The van der Waals surface area contributed by atoms with Gasteiger partial charge >= 0.3 is 12.1 Å². The van der Waals surface area contributed by atoms with E-state index in [9.17, 15) is 18.0 Å². The van der Waals surface area contributed by atoms with Crippen LogP contribution in [-0.2, 0) is 24.1 Å². The topological polar surface area (TPSA) is 93.0 Å². The fourth-order valence-electron chi connectivity index (χ4n) is 3.19. The number of carboxylic acids is 1. The van der Waals surface area contributed by atoms with Gasteiger partial charge in [-0.05, 0) is 29.8 Å². The van der Waals surface area contributed by atoms with Gasteiger partial charge in [-0.2, -0.15) is 23.5 Å². The summed E-state index contributed by atoms with van der Waals surface area (Å²) in [5.74, 6) is -0.966. The van der Waals surface area contributed by atoms with Gasteiger partial charge in [-0.25, -0.2) is 0 Å². The average molecular weight is 428 g/mol. The van der Waals surface area contributed by atoms with Crippen molar-refractivity contribution in [1.82, 2.24) is 15.1 Å². The van der Waals surface area contributed by atoms with E-state index in [-0.39, 0.29) is 19.5 Å². The minimum atomic E-state index is -4.41. The molecule has 6 nitrogen and oxygen atoms in total. The Bertz CT molecular complexity index is 1090. The van der Waals surface area contributed by atoms with Crippen molar-refractivity contribution in [3.05, 3.63) is 77.0 Å². The molecule has 0 aliphatic heterocycles. The van der Waals surface area contributed by atoms with Crippen LogP contribution in [0.5, 0.6) is 0 Å². The van der Waals surface area contributed by atoms with Gasteiger partial charge in [0.2, 0.25) is 0 Å². The molecule has 0 bridgehead atoms. The number of aromatic nitrogens is 2. The monoisotopic (exact) mass is 428 g/mol. The number of carboxylic acid groups (broad SMARTS) is 1. The van der Waals surface area contributed by atoms with Crippen molar-refractivity contribution in [2.75, 3.05) is 6.54 Å². The van der Waals surface area contributed by atoms with Gasteiger partial charge < -0.3 is 5.11 Å². The fraction of sp³-hybridized carbons (Fsp3) is 0.227. The fourth-order valence-corrected chi connectivity index (χ4v) is 3.19. The van der Waals surface area contributed by atoms with Crippen LogP contribution >= 0.6 is 0 Å². The Morgan fingerprint density at radius 2 is 1.90 bits per heavy atom. The second kappa shape index (κ2) is 9.45. The summed E-state index contributed by atoms with van der Waals surface area (Å²) in [7, 11) is 0. The zero-order valence-corrected chi connectivity index (χ0v) is 16.4. The van der Waals surface area contributed by atoms with E-state index in [1.807, 2.05) is 11.0 Å². The minimum Gasteiger partial charge on any atom is -0.481 e. The molecule has 2 aromatic carbocycles. The predicted molar refractivity (Wildman–Crippen MR) is 107 cm³/mol. The molecule has 1 aromatic heterocycles. The molecule has 3 rings (SSSR count). The van der Waals surface area contributed by atoms with Gasteiger partial charge in [-0.3, -0.25) is 14.8 Å². The third-order valence-electron chi connectivity index (χ3n) is 4.72. The summed E-state index contributed by atoms with van der Waals surface area (Å²) < 4.78 is 38.4. The second-order valence-electron chi connectivity index (χ2n) is 7.01. The number of aromatic amines is 1. The molecule has 160 valence electrons. The Hall–Kier alpha value is -3.64. The molecule has 0 unspecified atom stereocenters. The maximum absolute atomic E-state index is 12.8. The van der Waals surface area contributed by atoms with Crippen LogP contribution in [0.25, 0.3) is 11.3 Å². The zero-order chi connectivity index (χ0) is 22.4. The van der Waals surface area contributed by atoms with Gasteiger partial charge in [0.1, 0.15) is 0 Å². The lowest BCUT2D eigenvalue weighted by molar-refractivity contribution is -0.138.